The van der Waals surface area contributed by atoms with Crippen LogP contribution in [0.25, 0.3) is 0 Å². The average Bonchev–Trinajstić information content (AvgIpc) is 2.26. The van der Waals surface area contributed by atoms with Crippen LogP contribution in [0.2, 0.25) is 5.02 Å². The van der Waals surface area contributed by atoms with Gasteiger partial charge in [0, 0.05) is 4.90 Å². The highest BCUT2D eigenvalue weighted by Crippen LogP contribution is 2.30. The van der Waals surface area contributed by atoms with E-state index in [4.69, 9.17) is 28.8 Å². The van der Waals surface area contributed by atoms with Crippen LogP contribution in [0.5, 0.6) is 0 Å². The van der Waals surface area contributed by atoms with Crippen LogP contribution >= 0.6 is 35.8 Å². The van der Waals surface area contributed by atoms with Gasteiger partial charge in [-0.15, -0.1) is 24.2 Å². The van der Waals surface area contributed by atoms with Gasteiger partial charge in [-0.05, 0) is 30.4 Å². The van der Waals surface area contributed by atoms with Crippen molar-refractivity contribution in [1.82, 2.24) is 0 Å². The van der Waals surface area contributed by atoms with Crippen LogP contribution in [0.1, 0.15) is 13.3 Å². The normalized spacial score (nSPS) is 10.7. The summed E-state index contributed by atoms with van der Waals surface area (Å²) in [6, 6.07) is 5.46. The Morgan fingerprint density at radius 2 is 2.00 bits per heavy atom. The largest absolute Gasteiger partial charge is 0.370 e. The van der Waals surface area contributed by atoms with E-state index in [0.29, 0.717) is 10.7 Å². The van der Waals surface area contributed by atoms with E-state index >= 15 is 0 Å². The number of hydrogen-bond acceptors (Lipinski definition) is 2. The highest BCUT2D eigenvalue weighted by Gasteiger charge is 2.02. The van der Waals surface area contributed by atoms with Gasteiger partial charge in [0.05, 0.1) is 10.7 Å². The third-order valence-electron chi connectivity index (χ3n) is 1.86. The fourth-order valence-electron chi connectivity index (χ4n) is 1.18. The number of aliphatic imine (C=N–C) groups is 2. The van der Waals surface area contributed by atoms with Crippen LogP contribution in [0.3, 0.4) is 0 Å². The van der Waals surface area contributed by atoms with Crippen molar-refractivity contribution in [3.63, 3.8) is 0 Å². The molecule has 1 rings (SSSR count). The molecule has 6 N–H and O–H groups in total. The molecule has 8 heteroatoms. The lowest BCUT2D eigenvalue weighted by Gasteiger charge is -2.04. The van der Waals surface area contributed by atoms with E-state index < -0.39 is 0 Å². The van der Waals surface area contributed by atoms with E-state index in [2.05, 4.69) is 16.9 Å². The van der Waals surface area contributed by atoms with Crippen molar-refractivity contribution in [2.45, 2.75) is 18.2 Å². The first kappa shape index (κ1) is 17.9. The molecule has 1 aromatic rings. The second-order valence-corrected chi connectivity index (χ2v) is 5.01. The summed E-state index contributed by atoms with van der Waals surface area (Å²) in [5, 5.41) is 0.646. The van der Waals surface area contributed by atoms with E-state index in [9.17, 15) is 0 Å². The van der Waals surface area contributed by atoms with Crippen LogP contribution in [-0.4, -0.2) is 17.7 Å². The minimum Gasteiger partial charge on any atom is -0.370 e. The Balaban J connectivity index is 0.00000324. The first-order valence-corrected chi connectivity index (χ1v) is 6.75. The van der Waals surface area contributed by atoms with Crippen LogP contribution < -0.4 is 17.2 Å². The van der Waals surface area contributed by atoms with Crippen molar-refractivity contribution >= 4 is 53.4 Å². The fourth-order valence-corrected chi connectivity index (χ4v) is 2.30. The smallest absolute Gasteiger partial charge is 0.223 e. The van der Waals surface area contributed by atoms with Gasteiger partial charge in [0.2, 0.25) is 5.96 Å². The van der Waals surface area contributed by atoms with Crippen LogP contribution in [0, 0.1) is 0 Å². The van der Waals surface area contributed by atoms with Gasteiger partial charge in [-0.1, -0.05) is 18.5 Å². The van der Waals surface area contributed by atoms with E-state index in [0.717, 1.165) is 17.1 Å². The average molecular weight is 322 g/mol. The minimum absolute atomic E-state index is 0. The van der Waals surface area contributed by atoms with Crippen molar-refractivity contribution in [3.8, 4) is 0 Å². The zero-order valence-electron chi connectivity index (χ0n) is 10.5. The Hall–Kier alpha value is -1.11. The lowest BCUT2D eigenvalue weighted by molar-refractivity contribution is 1.10. The molecule has 0 radical (unpaired) electrons. The molecule has 5 nitrogen and oxygen atoms in total. The molecule has 19 heavy (non-hydrogen) atoms. The summed E-state index contributed by atoms with van der Waals surface area (Å²) < 4.78 is 0. The Morgan fingerprint density at radius 3 is 2.53 bits per heavy atom. The first-order chi connectivity index (χ1) is 8.52. The van der Waals surface area contributed by atoms with Gasteiger partial charge in [0.25, 0.3) is 0 Å². The molecule has 0 aliphatic rings. The van der Waals surface area contributed by atoms with Gasteiger partial charge in [-0.25, -0.2) is 4.99 Å². The monoisotopic (exact) mass is 321 g/mol. The lowest BCUT2D eigenvalue weighted by atomic mass is 10.3. The van der Waals surface area contributed by atoms with Crippen molar-refractivity contribution in [2.24, 2.45) is 27.2 Å². The Morgan fingerprint density at radius 1 is 1.32 bits per heavy atom. The van der Waals surface area contributed by atoms with Crippen molar-refractivity contribution in [1.29, 1.82) is 0 Å². The van der Waals surface area contributed by atoms with E-state index in [1.165, 1.54) is 0 Å². The maximum Gasteiger partial charge on any atom is 0.223 e. The Labute approximate surface area is 128 Å². The van der Waals surface area contributed by atoms with Gasteiger partial charge < -0.3 is 17.2 Å². The number of halogens is 2. The highest BCUT2D eigenvalue weighted by atomic mass is 35.5. The molecule has 0 aliphatic carbocycles. The molecule has 0 unspecified atom stereocenters. The van der Waals surface area contributed by atoms with Crippen LogP contribution in [0.15, 0.2) is 33.1 Å². The number of hydrogen-bond donors (Lipinski definition) is 3. The molecule has 0 saturated heterocycles. The van der Waals surface area contributed by atoms with Gasteiger partial charge >= 0.3 is 0 Å². The molecule has 0 heterocycles. The number of nitrogens with two attached hydrogens (primary N) is 3. The maximum absolute atomic E-state index is 6.14. The molecule has 0 bridgehead atoms. The molecule has 0 spiro atoms. The second kappa shape index (κ2) is 8.90. The summed E-state index contributed by atoms with van der Waals surface area (Å²) in [6.07, 6.45) is 1.10. The predicted molar refractivity (Wildman–Crippen MR) is 86.8 cm³/mol. The summed E-state index contributed by atoms with van der Waals surface area (Å²) in [7, 11) is 0. The molecule has 0 aromatic heterocycles. The van der Waals surface area contributed by atoms with Crippen molar-refractivity contribution in [2.75, 3.05) is 5.75 Å². The number of thioether (sulfide) groups is 1. The molecule has 0 fully saturated rings. The topological polar surface area (TPSA) is 103 Å². The molecule has 0 aliphatic heterocycles. The molecule has 0 saturated carbocycles. The number of benzene rings is 1. The summed E-state index contributed by atoms with van der Waals surface area (Å²) in [4.78, 5) is 8.69. The van der Waals surface area contributed by atoms with Crippen molar-refractivity contribution < 1.29 is 0 Å². The van der Waals surface area contributed by atoms with E-state index in [1.54, 1.807) is 17.8 Å². The summed E-state index contributed by atoms with van der Waals surface area (Å²) in [5.41, 5.74) is 16.5. The van der Waals surface area contributed by atoms with E-state index in [-0.39, 0.29) is 24.3 Å². The zero-order valence-corrected chi connectivity index (χ0v) is 12.9. The molecule has 0 amide bonds. The SMILES string of the molecule is CCCSc1ccc(N=C(N)N=C(N)N)cc1Cl.Cl. The first-order valence-electron chi connectivity index (χ1n) is 5.39. The summed E-state index contributed by atoms with van der Waals surface area (Å²) >= 11 is 7.84. The number of rotatable bonds is 4. The van der Waals surface area contributed by atoms with Gasteiger partial charge in [-0.2, -0.15) is 4.99 Å². The van der Waals surface area contributed by atoms with Crippen molar-refractivity contribution in [3.05, 3.63) is 23.2 Å². The van der Waals surface area contributed by atoms with E-state index in [1.807, 2.05) is 12.1 Å². The standard InChI is InChI=1S/C11H16ClN5S.ClH/c1-2-5-18-9-4-3-7(6-8(9)12)16-11(15)17-10(13)14;/h3-4,6H,2,5H2,1H3,(H6,13,14,15,16,17);1H. The summed E-state index contributed by atoms with van der Waals surface area (Å²) in [6.45, 7) is 2.12. The van der Waals surface area contributed by atoms with Gasteiger partial charge in [0.1, 0.15) is 0 Å². The third-order valence-corrected chi connectivity index (χ3v) is 3.57. The summed E-state index contributed by atoms with van der Waals surface area (Å²) in [5.74, 6) is 0.899. The molecular weight excluding hydrogens is 305 g/mol. The molecular formula is C11H17Cl2N5S. The fraction of sp³-hybridized carbons (Fsp3) is 0.273. The second-order valence-electron chi connectivity index (χ2n) is 3.47. The Kier molecular flexibility index (Phi) is 8.38. The minimum atomic E-state index is -0.127. The molecule has 106 valence electrons. The highest BCUT2D eigenvalue weighted by molar-refractivity contribution is 7.99. The quantitative estimate of drug-likeness (QED) is 0.450. The van der Waals surface area contributed by atoms with Gasteiger partial charge in [-0.3, -0.25) is 0 Å². The molecule has 1 aromatic carbocycles. The molecule has 0 atom stereocenters. The predicted octanol–water partition coefficient (Wildman–Crippen LogP) is 2.48. The van der Waals surface area contributed by atoms with Gasteiger partial charge in [0.15, 0.2) is 5.96 Å². The Bertz CT molecular complexity index is 472. The number of nitrogens with zero attached hydrogens (tertiary/aromatic N) is 2. The third kappa shape index (κ3) is 6.56. The van der Waals surface area contributed by atoms with Crippen LogP contribution in [0.4, 0.5) is 5.69 Å². The zero-order chi connectivity index (χ0) is 13.5. The number of guanidine groups is 2. The van der Waals surface area contributed by atoms with Crippen LogP contribution in [-0.2, 0) is 0 Å². The lowest BCUT2D eigenvalue weighted by Crippen LogP contribution is -2.26. The maximum atomic E-state index is 6.14.